The highest BCUT2D eigenvalue weighted by Gasteiger charge is 2.37. The first-order valence-corrected chi connectivity index (χ1v) is 8.91. The molecule has 1 N–H and O–H groups in total. The monoisotopic (exact) mass is 372 g/mol. The van der Waals surface area contributed by atoms with Gasteiger partial charge >= 0.3 is 0 Å². The highest BCUT2D eigenvalue weighted by Crippen LogP contribution is 2.36. The topological polar surface area (TPSA) is 58.6 Å². The SMILES string of the molecule is CC(=O)N[C@@H]1C(=O)N(CCCOc2ccc(Cl)cc2)c2ccc(C)cc21. The van der Waals surface area contributed by atoms with Gasteiger partial charge in [-0.2, -0.15) is 0 Å². The predicted molar refractivity (Wildman–Crippen MR) is 102 cm³/mol. The standard InChI is InChI=1S/C20H21ClN2O3/c1-13-4-9-18-17(12-13)19(22-14(2)24)20(25)23(18)10-3-11-26-16-7-5-15(21)6-8-16/h4-9,12,19H,3,10-11H2,1-2H3,(H,22,24)/t19-/m0/s1. The molecule has 1 aliphatic heterocycles. The van der Waals surface area contributed by atoms with Gasteiger partial charge in [0.2, 0.25) is 5.91 Å². The van der Waals surface area contributed by atoms with Crippen molar-refractivity contribution in [1.82, 2.24) is 5.32 Å². The van der Waals surface area contributed by atoms with Crippen LogP contribution in [0.25, 0.3) is 0 Å². The maximum Gasteiger partial charge on any atom is 0.254 e. The Bertz CT molecular complexity index is 820. The zero-order chi connectivity index (χ0) is 18.7. The van der Waals surface area contributed by atoms with Gasteiger partial charge in [0.1, 0.15) is 11.8 Å². The van der Waals surface area contributed by atoms with E-state index >= 15 is 0 Å². The molecule has 26 heavy (non-hydrogen) atoms. The highest BCUT2D eigenvalue weighted by atomic mass is 35.5. The lowest BCUT2D eigenvalue weighted by atomic mass is 10.1. The molecule has 0 saturated heterocycles. The summed E-state index contributed by atoms with van der Waals surface area (Å²) in [5.74, 6) is 0.422. The molecule has 0 unspecified atom stereocenters. The number of nitrogens with one attached hydrogen (secondary N) is 1. The lowest BCUT2D eigenvalue weighted by molar-refractivity contribution is -0.126. The Balaban J connectivity index is 1.65. The van der Waals surface area contributed by atoms with Gasteiger partial charge in [0.25, 0.3) is 5.91 Å². The minimum Gasteiger partial charge on any atom is -0.494 e. The number of carbonyl (C=O) groups excluding carboxylic acids is 2. The van der Waals surface area contributed by atoms with Crippen molar-refractivity contribution >= 4 is 29.1 Å². The zero-order valence-electron chi connectivity index (χ0n) is 14.8. The Kier molecular flexibility index (Phi) is 5.47. The number of benzene rings is 2. The Labute approximate surface area is 157 Å². The van der Waals surface area contributed by atoms with E-state index in [1.165, 1.54) is 6.92 Å². The second-order valence-electron chi connectivity index (χ2n) is 6.34. The summed E-state index contributed by atoms with van der Waals surface area (Å²) in [5.41, 5.74) is 2.76. The average molecular weight is 373 g/mol. The van der Waals surface area contributed by atoms with Gasteiger partial charge in [-0.15, -0.1) is 0 Å². The first kappa shape index (κ1) is 18.3. The van der Waals surface area contributed by atoms with E-state index in [-0.39, 0.29) is 11.8 Å². The molecule has 3 rings (SSSR count). The van der Waals surface area contributed by atoms with E-state index in [9.17, 15) is 9.59 Å². The Morgan fingerprint density at radius 2 is 1.96 bits per heavy atom. The maximum atomic E-state index is 12.8. The fourth-order valence-corrected chi connectivity index (χ4v) is 3.20. The summed E-state index contributed by atoms with van der Waals surface area (Å²) in [4.78, 5) is 26.0. The Morgan fingerprint density at radius 1 is 1.23 bits per heavy atom. The Morgan fingerprint density at radius 3 is 2.65 bits per heavy atom. The van der Waals surface area contributed by atoms with Crippen molar-refractivity contribution < 1.29 is 14.3 Å². The van der Waals surface area contributed by atoms with Gasteiger partial charge in [-0.3, -0.25) is 9.59 Å². The zero-order valence-corrected chi connectivity index (χ0v) is 15.5. The number of anilines is 1. The van der Waals surface area contributed by atoms with Crippen LogP contribution in [-0.4, -0.2) is 25.0 Å². The number of fused-ring (bicyclic) bond motifs is 1. The minimum absolute atomic E-state index is 0.104. The van der Waals surface area contributed by atoms with E-state index in [1.807, 2.05) is 37.3 Å². The second-order valence-corrected chi connectivity index (χ2v) is 6.78. The highest BCUT2D eigenvalue weighted by molar-refractivity contribution is 6.30. The molecule has 0 bridgehead atoms. The quantitative estimate of drug-likeness (QED) is 0.787. The summed E-state index contributed by atoms with van der Waals surface area (Å²) in [6.45, 7) is 4.40. The molecule has 1 atom stereocenters. The summed E-state index contributed by atoms with van der Waals surface area (Å²) in [6.07, 6.45) is 0.675. The molecule has 2 aromatic rings. The second kappa shape index (κ2) is 7.79. The summed E-state index contributed by atoms with van der Waals surface area (Å²) in [5, 5.41) is 3.42. The summed E-state index contributed by atoms with van der Waals surface area (Å²) in [6, 6.07) is 12.4. The van der Waals surface area contributed by atoms with Crippen LogP contribution in [0, 0.1) is 6.92 Å². The predicted octanol–water partition coefficient (Wildman–Crippen LogP) is 3.64. The Hall–Kier alpha value is -2.53. The van der Waals surface area contributed by atoms with E-state index in [2.05, 4.69) is 5.32 Å². The van der Waals surface area contributed by atoms with Crippen LogP contribution in [0.1, 0.15) is 30.5 Å². The van der Waals surface area contributed by atoms with Crippen LogP contribution >= 0.6 is 11.6 Å². The third-order valence-electron chi connectivity index (χ3n) is 4.25. The minimum atomic E-state index is -0.611. The van der Waals surface area contributed by atoms with Gasteiger partial charge in [0, 0.05) is 29.7 Å². The fourth-order valence-electron chi connectivity index (χ4n) is 3.08. The van der Waals surface area contributed by atoms with Gasteiger partial charge in [0.15, 0.2) is 0 Å². The molecule has 2 amide bonds. The van der Waals surface area contributed by atoms with Crippen LogP contribution in [0.15, 0.2) is 42.5 Å². The first-order valence-electron chi connectivity index (χ1n) is 8.53. The van der Waals surface area contributed by atoms with Gasteiger partial charge in [-0.25, -0.2) is 0 Å². The maximum absolute atomic E-state index is 12.8. The molecule has 5 nitrogen and oxygen atoms in total. The molecule has 2 aromatic carbocycles. The average Bonchev–Trinajstić information content (AvgIpc) is 2.84. The van der Waals surface area contributed by atoms with E-state index in [4.69, 9.17) is 16.3 Å². The van der Waals surface area contributed by atoms with Gasteiger partial charge in [-0.1, -0.05) is 29.3 Å². The third kappa shape index (κ3) is 3.99. The number of rotatable bonds is 6. The number of halogens is 1. The van der Waals surface area contributed by atoms with Gasteiger partial charge < -0.3 is 15.0 Å². The van der Waals surface area contributed by atoms with E-state index in [0.717, 1.165) is 22.6 Å². The number of carbonyl (C=O) groups is 2. The fraction of sp³-hybridized carbons (Fsp3) is 0.300. The largest absolute Gasteiger partial charge is 0.494 e. The summed E-state index contributed by atoms with van der Waals surface area (Å²) >= 11 is 5.85. The van der Waals surface area contributed by atoms with Crippen molar-refractivity contribution in [3.63, 3.8) is 0 Å². The first-order chi connectivity index (χ1) is 12.5. The number of aryl methyl sites for hydroxylation is 1. The smallest absolute Gasteiger partial charge is 0.254 e. The number of ether oxygens (including phenoxy) is 1. The van der Waals surface area contributed by atoms with Crippen LogP contribution in [0.3, 0.4) is 0 Å². The lowest BCUT2D eigenvalue weighted by Crippen LogP contribution is -2.37. The van der Waals surface area contributed by atoms with Gasteiger partial charge in [-0.05, 0) is 43.7 Å². The van der Waals surface area contributed by atoms with Crippen LogP contribution in [0.4, 0.5) is 5.69 Å². The van der Waals surface area contributed by atoms with E-state index < -0.39 is 6.04 Å². The number of nitrogens with zero attached hydrogens (tertiary/aromatic N) is 1. The molecule has 6 heteroatoms. The molecule has 136 valence electrons. The van der Waals surface area contributed by atoms with Crippen molar-refractivity contribution in [2.75, 3.05) is 18.1 Å². The number of hydrogen-bond acceptors (Lipinski definition) is 3. The number of hydrogen-bond donors (Lipinski definition) is 1. The van der Waals surface area contributed by atoms with E-state index in [0.29, 0.717) is 24.6 Å². The summed E-state index contributed by atoms with van der Waals surface area (Å²) in [7, 11) is 0. The van der Waals surface area contributed by atoms with Crippen molar-refractivity contribution in [1.29, 1.82) is 0 Å². The van der Waals surface area contributed by atoms with Crippen molar-refractivity contribution in [3.8, 4) is 5.75 Å². The molecule has 0 aliphatic carbocycles. The number of amides is 2. The molecule has 0 fully saturated rings. The molecule has 0 radical (unpaired) electrons. The molecule has 1 heterocycles. The third-order valence-corrected chi connectivity index (χ3v) is 4.51. The van der Waals surface area contributed by atoms with Gasteiger partial charge in [0.05, 0.1) is 6.61 Å². The van der Waals surface area contributed by atoms with Crippen LogP contribution in [0.5, 0.6) is 5.75 Å². The molecule has 0 aromatic heterocycles. The van der Waals surface area contributed by atoms with E-state index in [1.54, 1.807) is 17.0 Å². The van der Waals surface area contributed by atoms with Crippen molar-refractivity contribution in [2.45, 2.75) is 26.3 Å². The van der Waals surface area contributed by atoms with Crippen LogP contribution in [-0.2, 0) is 9.59 Å². The molecular weight excluding hydrogens is 352 g/mol. The lowest BCUT2D eigenvalue weighted by Gasteiger charge is -2.18. The summed E-state index contributed by atoms with van der Waals surface area (Å²) < 4.78 is 5.69. The molecule has 1 aliphatic rings. The van der Waals surface area contributed by atoms with Crippen molar-refractivity contribution in [2.24, 2.45) is 0 Å². The van der Waals surface area contributed by atoms with Crippen molar-refractivity contribution in [3.05, 3.63) is 58.6 Å². The van der Waals surface area contributed by atoms with Crippen LogP contribution < -0.4 is 15.0 Å². The van der Waals surface area contributed by atoms with Crippen LogP contribution in [0.2, 0.25) is 5.02 Å². The molecular formula is C20H21ClN2O3. The molecule has 0 saturated carbocycles. The normalized spacial score (nSPS) is 15.7. The molecule has 0 spiro atoms.